The zero-order chi connectivity index (χ0) is 8.15. The standard InChI is InChI=1S/C6H11N3O/c1-5(7)9(2)4-3-6(8)10/h3-4H,1,7H2,2H3,(H2,8,10)/b4-3-. The van der Waals surface area contributed by atoms with Gasteiger partial charge in [-0.1, -0.05) is 6.58 Å². The fourth-order valence-electron chi connectivity index (χ4n) is 0.281. The van der Waals surface area contributed by atoms with Gasteiger partial charge in [0, 0.05) is 19.3 Å². The van der Waals surface area contributed by atoms with Crippen molar-refractivity contribution in [1.29, 1.82) is 0 Å². The van der Waals surface area contributed by atoms with Crippen LogP contribution in [-0.2, 0) is 4.79 Å². The minimum atomic E-state index is -0.506. The monoisotopic (exact) mass is 141 g/mol. The van der Waals surface area contributed by atoms with Gasteiger partial charge in [-0.15, -0.1) is 0 Å². The van der Waals surface area contributed by atoms with Gasteiger partial charge in [-0.05, 0) is 0 Å². The second-order valence-electron chi connectivity index (χ2n) is 1.82. The van der Waals surface area contributed by atoms with Crippen molar-refractivity contribution in [3.8, 4) is 0 Å². The molecule has 0 fully saturated rings. The molecule has 0 rings (SSSR count). The van der Waals surface area contributed by atoms with Crippen molar-refractivity contribution in [2.24, 2.45) is 11.5 Å². The summed E-state index contributed by atoms with van der Waals surface area (Å²) in [6.07, 6.45) is 2.66. The van der Waals surface area contributed by atoms with Crippen LogP contribution in [0.2, 0.25) is 0 Å². The highest BCUT2D eigenvalue weighted by Crippen LogP contribution is 1.88. The van der Waals surface area contributed by atoms with Crippen LogP contribution in [0.1, 0.15) is 0 Å². The Balaban J connectivity index is 3.89. The molecule has 0 saturated heterocycles. The van der Waals surface area contributed by atoms with Gasteiger partial charge in [0.25, 0.3) is 0 Å². The Morgan fingerprint density at radius 2 is 2.10 bits per heavy atom. The van der Waals surface area contributed by atoms with Gasteiger partial charge in [0.15, 0.2) is 0 Å². The number of nitrogens with two attached hydrogens (primary N) is 2. The first kappa shape index (κ1) is 8.55. The lowest BCUT2D eigenvalue weighted by Gasteiger charge is -2.10. The van der Waals surface area contributed by atoms with Gasteiger partial charge >= 0.3 is 0 Å². The third-order valence-corrected chi connectivity index (χ3v) is 0.915. The van der Waals surface area contributed by atoms with Crippen LogP contribution in [0.5, 0.6) is 0 Å². The number of nitrogens with zero attached hydrogens (tertiary/aromatic N) is 1. The van der Waals surface area contributed by atoms with E-state index in [4.69, 9.17) is 11.5 Å². The van der Waals surface area contributed by atoms with Crippen molar-refractivity contribution in [2.75, 3.05) is 7.05 Å². The SMILES string of the molecule is C=C(N)N(C)/C=C\C(N)=O. The molecule has 1 amide bonds. The molecular weight excluding hydrogens is 130 g/mol. The highest BCUT2D eigenvalue weighted by Gasteiger charge is 1.89. The topological polar surface area (TPSA) is 72.3 Å². The first-order valence-corrected chi connectivity index (χ1v) is 2.69. The second kappa shape index (κ2) is 3.55. The summed E-state index contributed by atoms with van der Waals surface area (Å²) in [5.74, 6) is -0.148. The van der Waals surface area contributed by atoms with Crippen molar-refractivity contribution in [1.82, 2.24) is 4.90 Å². The molecule has 0 radical (unpaired) electrons. The lowest BCUT2D eigenvalue weighted by atomic mass is 10.5. The molecule has 0 aromatic rings. The smallest absolute Gasteiger partial charge is 0.242 e. The number of hydrogen-bond donors (Lipinski definition) is 2. The van der Waals surface area contributed by atoms with E-state index >= 15 is 0 Å². The average molecular weight is 141 g/mol. The first-order chi connectivity index (χ1) is 4.54. The van der Waals surface area contributed by atoms with E-state index in [0.717, 1.165) is 0 Å². The van der Waals surface area contributed by atoms with E-state index in [0.29, 0.717) is 5.82 Å². The molecule has 0 aromatic carbocycles. The quantitative estimate of drug-likeness (QED) is 0.513. The van der Waals surface area contributed by atoms with Crippen LogP contribution in [0.15, 0.2) is 24.7 Å². The van der Waals surface area contributed by atoms with Crippen LogP contribution in [0.4, 0.5) is 0 Å². The van der Waals surface area contributed by atoms with Crippen molar-refractivity contribution in [2.45, 2.75) is 0 Å². The second-order valence-corrected chi connectivity index (χ2v) is 1.82. The molecular formula is C6H11N3O. The maximum Gasteiger partial charge on any atom is 0.242 e. The third-order valence-electron chi connectivity index (χ3n) is 0.915. The van der Waals surface area contributed by atoms with Gasteiger partial charge < -0.3 is 16.4 Å². The van der Waals surface area contributed by atoms with E-state index in [2.05, 4.69) is 6.58 Å². The lowest BCUT2D eigenvalue weighted by molar-refractivity contribution is -0.113. The summed E-state index contributed by atoms with van der Waals surface area (Å²) in [6, 6.07) is 0. The number of rotatable bonds is 3. The van der Waals surface area contributed by atoms with E-state index < -0.39 is 5.91 Å². The van der Waals surface area contributed by atoms with E-state index in [9.17, 15) is 4.79 Å². The maximum atomic E-state index is 10.2. The van der Waals surface area contributed by atoms with Crippen LogP contribution in [-0.4, -0.2) is 17.9 Å². The highest BCUT2D eigenvalue weighted by molar-refractivity contribution is 5.85. The molecule has 10 heavy (non-hydrogen) atoms. The third kappa shape index (κ3) is 3.54. The molecule has 0 saturated carbocycles. The number of amides is 1. The normalized spacial score (nSPS) is 9.70. The van der Waals surface area contributed by atoms with Crippen LogP contribution >= 0.6 is 0 Å². The number of carbonyl (C=O) groups is 1. The summed E-state index contributed by atoms with van der Waals surface area (Å²) in [6.45, 7) is 3.43. The van der Waals surface area contributed by atoms with Crippen molar-refractivity contribution < 1.29 is 4.79 Å². The Kier molecular flexibility index (Phi) is 3.04. The number of carbonyl (C=O) groups excluding carboxylic acids is 1. The largest absolute Gasteiger partial charge is 0.386 e. The van der Waals surface area contributed by atoms with Gasteiger partial charge in [0.1, 0.15) is 0 Å². The fourth-order valence-corrected chi connectivity index (χ4v) is 0.281. The Labute approximate surface area is 59.8 Å². The van der Waals surface area contributed by atoms with E-state index in [-0.39, 0.29) is 0 Å². The van der Waals surface area contributed by atoms with E-state index in [1.54, 1.807) is 7.05 Å². The molecule has 0 unspecified atom stereocenters. The predicted molar refractivity (Wildman–Crippen MR) is 39.4 cm³/mol. The summed E-state index contributed by atoms with van der Waals surface area (Å²) in [5.41, 5.74) is 10.1. The number of primary amides is 1. The molecule has 0 aliphatic rings. The van der Waals surface area contributed by atoms with Crippen LogP contribution in [0.3, 0.4) is 0 Å². The first-order valence-electron chi connectivity index (χ1n) is 2.69. The van der Waals surface area contributed by atoms with Crippen molar-refractivity contribution in [3.05, 3.63) is 24.7 Å². The van der Waals surface area contributed by atoms with E-state index in [1.807, 2.05) is 0 Å². The van der Waals surface area contributed by atoms with Gasteiger partial charge in [0.05, 0.1) is 5.82 Å². The zero-order valence-corrected chi connectivity index (χ0v) is 5.87. The zero-order valence-electron chi connectivity index (χ0n) is 5.87. The fraction of sp³-hybridized carbons (Fsp3) is 0.167. The minimum Gasteiger partial charge on any atom is -0.386 e. The predicted octanol–water partition coefficient (Wildman–Crippen LogP) is -0.653. The molecule has 0 spiro atoms. The van der Waals surface area contributed by atoms with E-state index in [1.165, 1.54) is 17.2 Å². The highest BCUT2D eigenvalue weighted by atomic mass is 16.1. The Morgan fingerprint density at radius 3 is 2.40 bits per heavy atom. The van der Waals surface area contributed by atoms with Crippen molar-refractivity contribution >= 4 is 5.91 Å². The minimum absolute atomic E-state index is 0.359. The summed E-state index contributed by atoms with van der Waals surface area (Å²) in [4.78, 5) is 11.7. The lowest BCUT2D eigenvalue weighted by Crippen LogP contribution is -2.17. The molecule has 4 heteroatoms. The Hall–Kier alpha value is -1.45. The van der Waals surface area contributed by atoms with Gasteiger partial charge in [-0.25, -0.2) is 0 Å². The van der Waals surface area contributed by atoms with Gasteiger partial charge in [0.2, 0.25) is 5.91 Å². The van der Waals surface area contributed by atoms with Crippen LogP contribution in [0, 0.1) is 0 Å². The van der Waals surface area contributed by atoms with Crippen molar-refractivity contribution in [3.63, 3.8) is 0 Å². The molecule has 0 aliphatic carbocycles. The summed E-state index contributed by atoms with van der Waals surface area (Å²) in [7, 11) is 1.67. The molecule has 4 nitrogen and oxygen atoms in total. The summed E-state index contributed by atoms with van der Waals surface area (Å²) < 4.78 is 0. The molecule has 0 atom stereocenters. The van der Waals surface area contributed by atoms with Gasteiger partial charge in [-0.2, -0.15) is 0 Å². The van der Waals surface area contributed by atoms with Gasteiger partial charge in [-0.3, -0.25) is 4.79 Å². The molecule has 4 N–H and O–H groups in total. The summed E-state index contributed by atoms with van der Waals surface area (Å²) >= 11 is 0. The Bertz CT molecular complexity index is 174. The average Bonchev–Trinajstić information content (AvgIpc) is 1.82. The molecule has 0 bridgehead atoms. The van der Waals surface area contributed by atoms with Crippen LogP contribution in [0.25, 0.3) is 0 Å². The molecule has 0 aliphatic heterocycles. The van der Waals surface area contributed by atoms with Crippen LogP contribution < -0.4 is 11.5 Å². The molecule has 56 valence electrons. The molecule has 0 heterocycles. The Morgan fingerprint density at radius 1 is 1.60 bits per heavy atom. The number of hydrogen-bond acceptors (Lipinski definition) is 3. The summed E-state index contributed by atoms with van der Waals surface area (Å²) in [5, 5.41) is 0. The maximum absolute atomic E-state index is 10.2. The molecule has 0 aromatic heterocycles.